The number of furan rings is 1. The summed E-state index contributed by atoms with van der Waals surface area (Å²) >= 11 is 0. The van der Waals surface area contributed by atoms with E-state index in [1.165, 1.54) is 0 Å². The topological polar surface area (TPSA) is 139 Å². The average Bonchev–Trinajstić information content (AvgIpc) is 3.15. The number of nitrogens with one attached hydrogen (secondary N) is 2. The van der Waals surface area contributed by atoms with Crippen molar-refractivity contribution in [3.05, 3.63) is 30.5 Å². The Hall–Kier alpha value is -3.37. The number of carbonyl (C=O) groups excluding carboxylic acids is 1. The Labute approximate surface area is 184 Å². The molecule has 0 radical (unpaired) electrons. The lowest BCUT2D eigenvalue weighted by atomic mass is 10.1. The van der Waals surface area contributed by atoms with E-state index in [1.807, 2.05) is 11.0 Å². The summed E-state index contributed by atoms with van der Waals surface area (Å²) in [5, 5.41) is 16.5. The highest BCUT2D eigenvalue weighted by Crippen LogP contribution is 2.36. The largest absolute Gasteiger partial charge is 0.476 e. The number of aliphatic hydroxyl groups excluding tert-OH is 1. The van der Waals surface area contributed by atoms with Crippen molar-refractivity contribution < 1.29 is 19.1 Å². The van der Waals surface area contributed by atoms with Crippen LogP contribution in [0.1, 0.15) is 26.7 Å². The van der Waals surface area contributed by atoms with E-state index in [2.05, 4.69) is 20.6 Å². The van der Waals surface area contributed by atoms with E-state index >= 15 is 0 Å². The second-order valence-corrected chi connectivity index (χ2v) is 8.73. The van der Waals surface area contributed by atoms with E-state index in [0.717, 1.165) is 12.8 Å². The van der Waals surface area contributed by atoms with Crippen LogP contribution in [0.2, 0.25) is 0 Å². The molecule has 1 fully saturated rings. The maximum Gasteiger partial charge on any atom is 0.268 e. The predicted molar refractivity (Wildman–Crippen MR) is 120 cm³/mol. The first-order valence-electron chi connectivity index (χ1n) is 10.7. The maximum atomic E-state index is 12.2. The van der Waals surface area contributed by atoms with Gasteiger partial charge in [-0.15, -0.1) is 0 Å². The summed E-state index contributed by atoms with van der Waals surface area (Å²) in [4.78, 5) is 23.4. The third kappa shape index (κ3) is 3.71. The van der Waals surface area contributed by atoms with Crippen LogP contribution < -0.4 is 26.0 Å². The molecule has 10 nitrogen and oxygen atoms in total. The minimum atomic E-state index is -0.924. The molecule has 3 aromatic rings. The van der Waals surface area contributed by atoms with Crippen molar-refractivity contribution in [2.45, 2.75) is 44.4 Å². The number of aromatic nitrogens is 2. The third-order valence-electron chi connectivity index (χ3n) is 5.85. The summed E-state index contributed by atoms with van der Waals surface area (Å²) in [6, 6.07) is 6.92. The van der Waals surface area contributed by atoms with Gasteiger partial charge in [0.2, 0.25) is 5.95 Å². The summed E-state index contributed by atoms with van der Waals surface area (Å²) in [7, 11) is 0. The van der Waals surface area contributed by atoms with E-state index < -0.39 is 11.7 Å². The van der Waals surface area contributed by atoms with E-state index in [4.69, 9.17) is 14.9 Å². The molecule has 1 saturated heterocycles. The number of ether oxygens (including phenoxy) is 1. The highest BCUT2D eigenvalue weighted by molar-refractivity contribution is 6.00. The Morgan fingerprint density at radius 1 is 1.31 bits per heavy atom. The molecule has 0 unspecified atom stereocenters. The molecule has 0 saturated carbocycles. The van der Waals surface area contributed by atoms with Crippen molar-refractivity contribution >= 4 is 40.1 Å². The van der Waals surface area contributed by atoms with Crippen LogP contribution in [0.25, 0.3) is 11.1 Å². The molecule has 5 N–H and O–H groups in total. The predicted octanol–water partition coefficient (Wildman–Crippen LogP) is 2.36. The molecular formula is C22H26N6O4. The number of carbonyl (C=O) groups is 1. The highest BCUT2D eigenvalue weighted by atomic mass is 16.5. The first-order chi connectivity index (χ1) is 15.3. The molecule has 10 heteroatoms. The Balaban J connectivity index is 1.46. The molecule has 2 atom stereocenters. The van der Waals surface area contributed by atoms with Gasteiger partial charge in [0, 0.05) is 30.9 Å². The van der Waals surface area contributed by atoms with Crippen LogP contribution in [0.15, 0.2) is 34.9 Å². The number of nitrogens with two attached hydrogens (primary N) is 1. The van der Waals surface area contributed by atoms with E-state index in [9.17, 15) is 9.90 Å². The molecule has 2 aliphatic heterocycles. The molecule has 0 aliphatic carbocycles. The number of anilines is 4. The zero-order chi connectivity index (χ0) is 22.5. The number of hydrogen-bond acceptors (Lipinski definition) is 9. The van der Waals surface area contributed by atoms with Gasteiger partial charge in [-0.1, -0.05) is 0 Å². The van der Waals surface area contributed by atoms with Gasteiger partial charge in [-0.3, -0.25) is 4.79 Å². The van der Waals surface area contributed by atoms with Crippen molar-refractivity contribution in [3.8, 4) is 5.75 Å². The molecule has 0 spiro atoms. The maximum absolute atomic E-state index is 12.2. The van der Waals surface area contributed by atoms with Crippen LogP contribution in [-0.2, 0) is 4.79 Å². The van der Waals surface area contributed by atoms with Crippen molar-refractivity contribution in [1.29, 1.82) is 0 Å². The van der Waals surface area contributed by atoms with Gasteiger partial charge in [0.1, 0.15) is 11.3 Å². The quantitative estimate of drug-likeness (QED) is 0.485. The van der Waals surface area contributed by atoms with Gasteiger partial charge in [-0.2, -0.15) is 4.98 Å². The number of amides is 1. The van der Waals surface area contributed by atoms with Crippen molar-refractivity contribution in [3.63, 3.8) is 0 Å². The van der Waals surface area contributed by atoms with Gasteiger partial charge in [0.25, 0.3) is 5.91 Å². The molecular weight excluding hydrogens is 412 g/mol. The lowest BCUT2D eigenvalue weighted by molar-refractivity contribution is -0.129. The standard InChI is InChI=1S/C22H26N6O4/c1-22(2)20(30)25-15-10-12(5-6-17(15)32-22)24-21-26-14-7-9-31-18(14)19(27-21)28-8-3-4-13(23)16(29)11-28/h5-7,9-10,13,16,29H,3-4,8,11,23H2,1-2H3,(H,25,30)(H,24,26,27)/t13-,16-/m0/s1. The molecule has 168 valence electrons. The summed E-state index contributed by atoms with van der Waals surface area (Å²) in [5.74, 6) is 1.37. The van der Waals surface area contributed by atoms with Gasteiger partial charge in [-0.25, -0.2) is 4.98 Å². The van der Waals surface area contributed by atoms with Gasteiger partial charge < -0.3 is 35.5 Å². The zero-order valence-electron chi connectivity index (χ0n) is 18.0. The fourth-order valence-corrected chi connectivity index (χ4v) is 3.99. The molecule has 1 aromatic carbocycles. The Morgan fingerprint density at radius 3 is 3.00 bits per heavy atom. The molecule has 2 aromatic heterocycles. The Bertz CT molecular complexity index is 1180. The Kier molecular flexibility index (Phi) is 4.90. The molecule has 1 amide bonds. The Morgan fingerprint density at radius 2 is 2.16 bits per heavy atom. The normalized spacial score (nSPS) is 22.6. The van der Waals surface area contributed by atoms with E-state index in [0.29, 0.717) is 53.1 Å². The van der Waals surface area contributed by atoms with Crippen LogP contribution in [0.4, 0.5) is 23.1 Å². The monoisotopic (exact) mass is 438 g/mol. The molecule has 2 aliphatic rings. The number of fused-ring (bicyclic) bond motifs is 2. The lowest BCUT2D eigenvalue weighted by Crippen LogP contribution is -2.45. The van der Waals surface area contributed by atoms with E-state index in [-0.39, 0.29) is 11.9 Å². The number of rotatable bonds is 3. The lowest BCUT2D eigenvalue weighted by Gasteiger charge is -2.31. The number of hydrogen-bond donors (Lipinski definition) is 4. The summed E-state index contributed by atoms with van der Waals surface area (Å²) < 4.78 is 11.4. The number of β-amino-alcohol motifs (C(OH)–C–C–N with tert-alkyl or cyclic N) is 1. The second-order valence-electron chi connectivity index (χ2n) is 8.73. The zero-order valence-corrected chi connectivity index (χ0v) is 18.0. The number of aliphatic hydroxyl groups is 1. The average molecular weight is 438 g/mol. The van der Waals surface area contributed by atoms with Crippen LogP contribution in [0.5, 0.6) is 5.75 Å². The summed E-state index contributed by atoms with van der Waals surface area (Å²) in [6.07, 6.45) is 2.51. The second kappa shape index (κ2) is 7.64. The number of benzene rings is 1. The first-order valence-corrected chi connectivity index (χ1v) is 10.7. The van der Waals surface area contributed by atoms with Crippen molar-refractivity contribution in [1.82, 2.24) is 9.97 Å². The smallest absolute Gasteiger partial charge is 0.268 e. The minimum absolute atomic E-state index is 0.210. The van der Waals surface area contributed by atoms with Crippen LogP contribution in [0.3, 0.4) is 0 Å². The van der Waals surface area contributed by atoms with Gasteiger partial charge in [0.15, 0.2) is 17.0 Å². The fourth-order valence-electron chi connectivity index (χ4n) is 3.99. The SMILES string of the molecule is CC1(C)Oc2ccc(Nc3nc(N4CCC[C@H](N)[C@@H](O)C4)c4occc4n3)cc2NC1=O. The van der Waals surface area contributed by atoms with Crippen molar-refractivity contribution in [2.24, 2.45) is 5.73 Å². The molecule has 32 heavy (non-hydrogen) atoms. The van der Waals surface area contributed by atoms with Crippen LogP contribution in [-0.4, -0.2) is 51.8 Å². The van der Waals surface area contributed by atoms with Gasteiger partial charge in [0.05, 0.1) is 18.1 Å². The molecule has 0 bridgehead atoms. The third-order valence-corrected chi connectivity index (χ3v) is 5.85. The summed E-state index contributed by atoms with van der Waals surface area (Å²) in [6.45, 7) is 4.51. The highest BCUT2D eigenvalue weighted by Gasteiger charge is 2.35. The summed E-state index contributed by atoms with van der Waals surface area (Å²) in [5.41, 5.74) is 7.60. The first kappa shape index (κ1) is 20.5. The van der Waals surface area contributed by atoms with Gasteiger partial charge in [-0.05, 0) is 44.9 Å². The molecule has 4 heterocycles. The fraction of sp³-hybridized carbons (Fsp3) is 0.409. The van der Waals surface area contributed by atoms with Crippen LogP contribution in [0, 0.1) is 0 Å². The minimum Gasteiger partial charge on any atom is -0.476 e. The number of nitrogens with zero attached hydrogens (tertiary/aromatic N) is 3. The van der Waals surface area contributed by atoms with Crippen molar-refractivity contribution in [2.75, 3.05) is 28.6 Å². The van der Waals surface area contributed by atoms with E-state index in [1.54, 1.807) is 38.3 Å². The van der Waals surface area contributed by atoms with Gasteiger partial charge >= 0.3 is 0 Å². The molecule has 5 rings (SSSR count). The van der Waals surface area contributed by atoms with Crippen LogP contribution >= 0.6 is 0 Å².